The maximum absolute atomic E-state index is 12.1. The number of carbonyl (C=O) groups is 2. The predicted molar refractivity (Wildman–Crippen MR) is 82.0 cm³/mol. The van der Waals surface area contributed by atoms with Crippen LogP contribution in [-0.4, -0.2) is 55.3 Å². The van der Waals surface area contributed by atoms with Gasteiger partial charge in [-0.25, -0.2) is 0 Å². The maximum atomic E-state index is 12.1. The molecule has 0 unspecified atom stereocenters. The minimum atomic E-state index is -0.0290. The van der Waals surface area contributed by atoms with E-state index in [4.69, 9.17) is 0 Å². The van der Waals surface area contributed by atoms with Crippen LogP contribution in [0.2, 0.25) is 0 Å². The fourth-order valence-electron chi connectivity index (χ4n) is 2.62. The van der Waals surface area contributed by atoms with Crippen molar-refractivity contribution in [3.8, 4) is 0 Å². The summed E-state index contributed by atoms with van der Waals surface area (Å²) >= 11 is 0. The van der Waals surface area contributed by atoms with Gasteiger partial charge in [0.2, 0.25) is 5.91 Å². The number of hydrogen-bond donors (Lipinski definition) is 1. The quantitative estimate of drug-likeness (QED) is 0.903. The molecule has 0 radical (unpaired) electrons. The minimum absolute atomic E-state index is 0.0170. The van der Waals surface area contributed by atoms with E-state index in [2.05, 4.69) is 10.2 Å². The van der Waals surface area contributed by atoms with Crippen LogP contribution in [0.3, 0.4) is 0 Å². The molecule has 2 rings (SSSR count). The second kappa shape index (κ2) is 6.72. The molecule has 5 heteroatoms. The highest BCUT2D eigenvalue weighted by atomic mass is 16.2. The molecule has 1 atom stereocenters. The Balaban J connectivity index is 1.96. The smallest absolute Gasteiger partial charge is 0.253 e. The fourth-order valence-corrected chi connectivity index (χ4v) is 2.62. The lowest BCUT2D eigenvalue weighted by molar-refractivity contribution is -0.125. The number of benzene rings is 1. The normalized spacial score (nSPS) is 18.5. The number of nitrogens with one attached hydrogen (secondary N) is 1. The molecule has 0 aromatic heterocycles. The van der Waals surface area contributed by atoms with E-state index >= 15 is 0 Å². The first-order chi connectivity index (χ1) is 9.99. The molecule has 1 aromatic carbocycles. The van der Waals surface area contributed by atoms with Crippen LogP contribution in [0, 0.1) is 0 Å². The number of likely N-dealkylation sites (tertiary alicyclic amines) is 1. The topological polar surface area (TPSA) is 52.7 Å². The summed E-state index contributed by atoms with van der Waals surface area (Å²) in [5.74, 6) is 0.0399. The van der Waals surface area contributed by atoms with Gasteiger partial charge < -0.3 is 10.2 Å². The van der Waals surface area contributed by atoms with Crippen molar-refractivity contribution < 1.29 is 9.59 Å². The zero-order valence-electron chi connectivity index (χ0n) is 12.9. The van der Waals surface area contributed by atoms with Crippen molar-refractivity contribution in [3.63, 3.8) is 0 Å². The second-order valence-corrected chi connectivity index (χ2v) is 5.76. The van der Waals surface area contributed by atoms with Gasteiger partial charge >= 0.3 is 0 Å². The standard InChI is InChI=1S/C16H23N3O2/c1-18(2)16(21)13-7-4-6-12(10-13)11-17-15(20)14-8-5-9-19(14)3/h4,6-7,10,14H,5,8-9,11H2,1-3H3,(H,17,20)/t14-/m0/s1. The Labute approximate surface area is 125 Å². The molecule has 0 bridgehead atoms. The van der Waals surface area contributed by atoms with E-state index in [1.165, 1.54) is 0 Å². The first-order valence-corrected chi connectivity index (χ1v) is 7.27. The molecule has 2 amide bonds. The van der Waals surface area contributed by atoms with Gasteiger partial charge in [0.1, 0.15) is 0 Å². The van der Waals surface area contributed by atoms with Crippen molar-refractivity contribution in [3.05, 3.63) is 35.4 Å². The van der Waals surface area contributed by atoms with Gasteiger partial charge in [-0.1, -0.05) is 12.1 Å². The molecule has 1 fully saturated rings. The molecule has 0 spiro atoms. The summed E-state index contributed by atoms with van der Waals surface area (Å²) < 4.78 is 0. The van der Waals surface area contributed by atoms with E-state index in [0.717, 1.165) is 24.9 Å². The summed E-state index contributed by atoms with van der Waals surface area (Å²) in [5.41, 5.74) is 1.58. The molecule has 0 saturated carbocycles. The molecular formula is C16H23N3O2. The lowest BCUT2D eigenvalue weighted by Crippen LogP contribution is -2.41. The Hall–Kier alpha value is -1.88. The van der Waals surface area contributed by atoms with Crippen molar-refractivity contribution in [1.29, 1.82) is 0 Å². The highest BCUT2D eigenvalue weighted by molar-refractivity contribution is 5.94. The molecule has 5 nitrogen and oxygen atoms in total. The third-order valence-corrected chi connectivity index (χ3v) is 3.87. The van der Waals surface area contributed by atoms with Gasteiger partial charge in [0.05, 0.1) is 6.04 Å². The average molecular weight is 289 g/mol. The lowest BCUT2D eigenvalue weighted by atomic mass is 10.1. The van der Waals surface area contributed by atoms with Gasteiger partial charge in [-0.05, 0) is 44.1 Å². The van der Waals surface area contributed by atoms with Crippen molar-refractivity contribution in [2.75, 3.05) is 27.7 Å². The minimum Gasteiger partial charge on any atom is -0.351 e. The van der Waals surface area contributed by atoms with Crippen molar-refractivity contribution in [1.82, 2.24) is 15.1 Å². The number of carbonyl (C=O) groups excluding carboxylic acids is 2. The van der Waals surface area contributed by atoms with Crippen LogP contribution in [0.4, 0.5) is 0 Å². The highest BCUT2D eigenvalue weighted by Crippen LogP contribution is 2.15. The zero-order chi connectivity index (χ0) is 15.4. The average Bonchev–Trinajstić information content (AvgIpc) is 2.90. The van der Waals surface area contributed by atoms with Crippen molar-refractivity contribution in [2.24, 2.45) is 0 Å². The fraction of sp³-hybridized carbons (Fsp3) is 0.500. The third kappa shape index (κ3) is 3.82. The van der Waals surface area contributed by atoms with E-state index in [1.54, 1.807) is 25.1 Å². The maximum Gasteiger partial charge on any atom is 0.253 e. The summed E-state index contributed by atoms with van der Waals surface area (Å²) in [6, 6.07) is 7.38. The number of amides is 2. The van der Waals surface area contributed by atoms with E-state index in [1.807, 2.05) is 25.2 Å². The molecule has 21 heavy (non-hydrogen) atoms. The number of likely N-dealkylation sites (N-methyl/N-ethyl adjacent to an activating group) is 1. The third-order valence-electron chi connectivity index (χ3n) is 3.87. The molecule has 1 aliphatic heterocycles. The van der Waals surface area contributed by atoms with Crippen LogP contribution in [-0.2, 0) is 11.3 Å². The molecule has 1 saturated heterocycles. The van der Waals surface area contributed by atoms with E-state index in [-0.39, 0.29) is 17.9 Å². The lowest BCUT2D eigenvalue weighted by Gasteiger charge is -2.18. The van der Waals surface area contributed by atoms with Crippen LogP contribution < -0.4 is 5.32 Å². The van der Waals surface area contributed by atoms with Gasteiger partial charge in [-0.3, -0.25) is 14.5 Å². The van der Waals surface area contributed by atoms with E-state index < -0.39 is 0 Å². The Kier molecular flexibility index (Phi) is 4.96. The van der Waals surface area contributed by atoms with Gasteiger partial charge in [0.25, 0.3) is 5.91 Å². The van der Waals surface area contributed by atoms with Gasteiger partial charge in [0.15, 0.2) is 0 Å². The Bertz CT molecular complexity index is 528. The summed E-state index contributed by atoms with van der Waals surface area (Å²) in [5, 5.41) is 2.96. The monoisotopic (exact) mass is 289 g/mol. The molecule has 1 N–H and O–H groups in total. The van der Waals surface area contributed by atoms with E-state index in [0.29, 0.717) is 12.1 Å². The summed E-state index contributed by atoms with van der Waals surface area (Å²) in [7, 11) is 5.44. The van der Waals surface area contributed by atoms with Crippen molar-refractivity contribution in [2.45, 2.75) is 25.4 Å². The van der Waals surface area contributed by atoms with Crippen LogP contribution in [0.5, 0.6) is 0 Å². The Morgan fingerprint density at radius 2 is 2.14 bits per heavy atom. The predicted octanol–water partition coefficient (Wildman–Crippen LogP) is 1.10. The highest BCUT2D eigenvalue weighted by Gasteiger charge is 2.27. The largest absolute Gasteiger partial charge is 0.351 e. The van der Waals surface area contributed by atoms with Crippen LogP contribution >= 0.6 is 0 Å². The SMILES string of the molecule is CN(C)C(=O)c1cccc(CNC(=O)[C@@H]2CCCN2C)c1. The molecule has 1 aliphatic rings. The molecule has 1 aromatic rings. The first-order valence-electron chi connectivity index (χ1n) is 7.27. The number of hydrogen-bond acceptors (Lipinski definition) is 3. The van der Waals surface area contributed by atoms with Crippen LogP contribution in [0.1, 0.15) is 28.8 Å². The van der Waals surface area contributed by atoms with Gasteiger partial charge in [-0.2, -0.15) is 0 Å². The number of rotatable bonds is 4. The molecule has 0 aliphatic carbocycles. The van der Waals surface area contributed by atoms with Gasteiger partial charge in [-0.15, -0.1) is 0 Å². The van der Waals surface area contributed by atoms with Crippen molar-refractivity contribution >= 4 is 11.8 Å². The second-order valence-electron chi connectivity index (χ2n) is 5.76. The molecular weight excluding hydrogens is 266 g/mol. The summed E-state index contributed by atoms with van der Waals surface area (Å²) in [6.45, 7) is 1.43. The van der Waals surface area contributed by atoms with Crippen LogP contribution in [0.25, 0.3) is 0 Å². The first kappa shape index (κ1) is 15.5. The summed E-state index contributed by atoms with van der Waals surface area (Å²) in [4.78, 5) is 27.7. The van der Waals surface area contributed by atoms with E-state index in [9.17, 15) is 9.59 Å². The Morgan fingerprint density at radius 1 is 1.38 bits per heavy atom. The molecule has 1 heterocycles. The number of nitrogens with zero attached hydrogens (tertiary/aromatic N) is 2. The summed E-state index contributed by atoms with van der Waals surface area (Å²) in [6.07, 6.45) is 1.99. The zero-order valence-corrected chi connectivity index (χ0v) is 12.9. The van der Waals surface area contributed by atoms with Gasteiger partial charge in [0, 0.05) is 26.2 Å². The molecule has 114 valence electrons. The Morgan fingerprint density at radius 3 is 2.76 bits per heavy atom. The van der Waals surface area contributed by atoms with Crippen LogP contribution in [0.15, 0.2) is 24.3 Å².